The third-order valence-corrected chi connectivity index (χ3v) is 4.94. The highest BCUT2D eigenvalue weighted by molar-refractivity contribution is 7.92. The Bertz CT molecular complexity index is 956. The van der Waals surface area contributed by atoms with E-state index in [4.69, 9.17) is 9.47 Å². The van der Waals surface area contributed by atoms with Gasteiger partial charge < -0.3 is 9.47 Å². The zero-order valence-corrected chi connectivity index (χ0v) is 17.0. The van der Waals surface area contributed by atoms with Gasteiger partial charge >= 0.3 is 0 Å². The van der Waals surface area contributed by atoms with Crippen LogP contribution < -0.4 is 19.2 Å². The Morgan fingerprint density at radius 3 is 2.39 bits per heavy atom. The van der Waals surface area contributed by atoms with Gasteiger partial charge in [-0.25, -0.2) is 13.8 Å². The van der Waals surface area contributed by atoms with Gasteiger partial charge in [0.2, 0.25) is 10.0 Å². The first kappa shape index (κ1) is 21.2. The van der Waals surface area contributed by atoms with Gasteiger partial charge in [-0.05, 0) is 54.4 Å². The van der Waals surface area contributed by atoms with Crippen molar-refractivity contribution in [1.82, 2.24) is 5.43 Å². The van der Waals surface area contributed by atoms with Crippen molar-refractivity contribution in [2.45, 2.75) is 6.92 Å². The number of methoxy groups -OCH3 is 2. The van der Waals surface area contributed by atoms with Gasteiger partial charge in [0.15, 0.2) is 0 Å². The van der Waals surface area contributed by atoms with Crippen LogP contribution in [-0.4, -0.2) is 47.6 Å². The summed E-state index contributed by atoms with van der Waals surface area (Å²) in [5.41, 5.74) is 4.21. The van der Waals surface area contributed by atoms with Crippen molar-refractivity contribution >= 4 is 27.8 Å². The molecule has 0 unspecified atom stereocenters. The van der Waals surface area contributed by atoms with Gasteiger partial charge in [0.05, 0.1) is 32.4 Å². The van der Waals surface area contributed by atoms with E-state index in [0.717, 1.165) is 21.7 Å². The van der Waals surface area contributed by atoms with Gasteiger partial charge in [0.1, 0.15) is 18.0 Å². The molecule has 0 atom stereocenters. The van der Waals surface area contributed by atoms with E-state index in [1.165, 1.54) is 13.3 Å². The molecule has 150 valence electrons. The summed E-state index contributed by atoms with van der Waals surface area (Å²) in [4.78, 5) is 12.3. The largest absolute Gasteiger partial charge is 0.497 e. The Morgan fingerprint density at radius 1 is 1.14 bits per heavy atom. The minimum absolute atomic E-state index is 0.291. The molecule has 2 aromatic rings. The van der Waals surface area contributed by atoms with Crippen molar-refractivity contribution < 1.29 is 22.7 Å². The summed E-state index contributed by atoms with van der Waals surface area (Å²) in [6.07, 6.45) is 2.48. The normalized spacial score (nSPS) is 11.3. The summed E-state index contributed by atoms with van der Waals surface area (Å²) in [5.74, 6) is 0.474. The van der Waals surface area contributed by atoms with Crippen LogP contribution >= 0.6 is 0 Å². The van der Waals surface area contributed by atoms with Crippen molar-refractivity contribution in [3.05, 3.63) is 53.6 Å². The number of ether oxygens (including phenoxy) is 2. The SMILES string of the molecule is COc1ccc(/C=N\NC(=O)CN(c2cc(C)ccc2OC)S(C)(=O)=O)cc1. The van der Waals surface area contributed by atoms with Crippen molar-refractivity contribution in [2.75, 3.05) is 31.3 Å². The summed E-state index contributed by atoms with van der Waals surface area (Å²) in [6.45, 7) is 1.39. The molecule has 0 aliphatic carbocycles. The first-order valence-corrected chi connectivity index (χ1v) is 10.2. The fourth-order valence-electron chi connectivity index (χ4n) is 2.41. The molecule has 9 heteroatoms. The Kier molecular flexibility index (Phi) is 7.00. The summed E-state index contributed by atoms with van der Waals surface area (Å²) in [5, 5.41) is 3.87. The molecule has 28 heavy (non-hydrogen) atoms. The highest BCUT2D eigenvalue weighted by Crippen LogP contribution is 2.30. The number of anilines is 1. The van der Waals surface area contributed by atoms with Crippen LogP contribution in [0, 0.1) is 6.92 Å². The van der Waals surface area contributed by atoms with Crippen LogP contribution in [0.1, 0.15) is 11.1 Å². The van der Waals surface area contributed by atoms with Crippen LogP contribution in [-0.2, 0) is 14.8 Å². The lowest BCUT2D eigenvalue weighted by Gasteiger charge is -2.23. The highest BCUT2D eigenvalue weighted by Gasteiger charge is 2.24. The minimum atomic E-state index is -3.72. The maximum absolute atomic E-state index is 12.3. The number of carbonyl (C=O) groups is 1. The number of nitrogens with zero attached hydrogens (tertiary/aromatic N) is 2. The number of hydrazone groups is 1. The fourth-order valence-corrected chi connectivity index (χ4v) is 3.26. The van der Waals surface area contributed by atoms with E-state index < -0.39 is 22.5 Å². The van der Waals surface area contributed by atoms with Crippen LogP contribution in [0.4, 0.5) is 5.69 Å². The van der Waals surface area contributed by atoms with E-state index in [0.29, 0.717) is 17.2 Å². The highest BCUT2D eigenvalue weighted by atomic mass is 32.2. The molecule has 1 amide bonds. The Labute approximate surface area is 164 Å². The van der Waals surface area contributed by atoms with Gasteiger partial charge in [-0.3, -0.25) is 9.10 Å². The number of carbonyl (C=O) groups excluding carboxylic acids is 1. The van der Waals surface area contributed by atoms with E-state index in [-0.39, 0.29) is 0 Å². The van der Waals surface area contributed by atoms with Crippen LogP contribution in [0.5, 0.6) is 11.5 Å². The van der Waals surface area contributed by atoms with Crippen molar-refractivity contribution in [3.63, 3.8) is 0 Å². The summed E-state index contributed by atoms with van der Waals surface area (Å²) in [7, 11) is -0.713. The van der Waals surface area contributed by atoms with Crippen LogP contribution in [0.2, 0.25) is 0 Å². The number of amides is 1. The molecule has 1 N–H and O–H groups in total. The molecule has 0 heterocycles. The van der Waals surface area contributed by atoms with Crippen molar-refractivity contribution in [3.8, 4) is 11.5 Å². The van der Waals surface area contributed by atoms with Crippen LogP contribution in [0.3, 0.4) is 0 Å². The number of sulfonamides is 1. The van der Waals surface area contributed by atoms with Gasteiger partial charge in [-0.2, -0.15) is 5.10 Å². The molecule has 8 nitrogen and oxygen atoms in total. The van der Waals surface area contributed by atoms with E-state index in [9.17, 15) is 13.2 Å². The zero-order valence-electron chi connectivity index (χ0n) is 16.2. The number of aryl methyl sites for hydroxylation is 1. The van der Waals surface area contributed by atoms with E-state index >= 15 is 0 Å². The lowest BCUT2D eigenvalue weighted by atomic mass is 10.2. The summed E-state index contributed by atoms with van der Waals surface area (Å²) >= 11 is 0. The second-order valence-electron chi connectivity index (χ2n) is 6.01. The number of rotatable bonds is 8. The maximum Gasteiger partial charge on any atom is 0.260 e. The number of hydrogen-bond donors (Lipinski definition) is 1. The molecule has 0 spiro atoms. The Balaban J connectivity index is 2.13. The monoisotopic (exact) mass is 405 g/mol. The fraction of sp³-hybridized carbons (Fsp3) is 0.263. The van der Waals surface area contributed by atoms with Crippen molar-refractivity contribution in [2.24, 2.45) is 5.10 Å². The van der Waals surface area contributed by atoms with Gasteiger partial charge in [0.25, 0.3) is 5.91 Å². The lowest BCUT2D eigenvalue weighted by Crippen LogP contribution is -2.39. The average molecular weight is 405 g/mol. The Hall–Kier alpha value is -3.07. The second kappa shape index (κ2) is 9.23. The third-order valence-electron chi connectivity index (χ3n) is 3.81. The topological polar surface area (TPSA) is 97.3 Å². The van der Waals surface area contributed by atoms with Gasteiger partial charge in [0, 0.05) is 0 Å². The van der Waals surface area contributed by atoms with Crippen molar-refractivity contribution in [1.29, 1.82) is 0 Å². The average Bonchev–Trinajstić information content (AvgIpc) is 2.65. The molecular formula is C19H23N3O5S. The molecule has 0 aliphatic rings. The van der Waals surface area contributed by atoms with E-state index in [1.807, 2.05) is 6.92 Å². The quantitative estimate of drug-likeness (QED) is 0.535. The minimum Gasteiger partial charge on any atom is -0.497 e. The van der Waals surface area contributed by atoms with Crippen LogP contribution in [0.25, 0.3) is 0 Å². The Morgan fingerprint density at radius 2 is 1.82 bits per heavy atom. The standard InChI is InChI=1S/C19H23N3O5S/c1-14-5-10-18(27-3)17(11-14)22(28(4,24)25)13-19(23)21-20-12-15-6-8-16(26-2)9-7-15/h5-12H,13H2,1-4H3,(H,21,23)/b20-12-. The smallest absolute Gasteiger partial charge is 0.260 e. The molecule has 0 saturated carbocycles. The number of hydrogen-bond acceptors (Lipinski definition) is 6. The molecule has 0 fully saturated rings. The summed E-state index contributed by atoms with van der Waals surface area (Å²) in [6, 6.07) is 12.2. The first-order chi connectivity index (χ1) is 13.2. The molecular weight excluding hydrogens is 382 g/mol. The lowest BCUT2D eigenvalue weighted by molar-refractivity contribution is -0.119. The molecule has 0 bridgehead atoms. The molecule has 2 aromatic carbocycles. The molecule has 0 aliphatic heterocycles. The predicted octanol–water partition coefficient (Wildman–Crippen LogP) is 1.93. The van der Waals surface area contributed by atoms with Gasteiger partial charge in [-0.15, -0.1) is 0 Å². The van der Waals surface area contributed by atoms with E-state index in [2.05, 4.69) is 10.5 Å². The maximum atomic E-state index is 12.3. The molecule has 0 saturated heterocycles. The molecule has 2 rings (SSSR count). The third kappa shape index (κ3) is 5.71. The summed E-state index contributed by atoms with van der Waals surface area (Å²) < 4.78 is 35.8. The molecule has 0 aromatic heterocycles. The van der Waals surface area contributed by atoms with Crippen LogP contribution in [0.15, 0.2) is 47.6 Å². The van der Waals surface area contributed by atoms with E-state index in [1.54, 1.807) is 49.6 Å². The predicted molar refractivity (Wildman–Crippen MR) is 109 cm³/mol. The van der Waals surface area contributed by atoms with Gasteiger partial charge in [-0.1, -0.05) is 6.07 Å². The second-order valence-corrected chi connectivity index (χ2v) is 7.92. The first-order valence-electron chi connectivity index (χ1n) is 8.33. The number of nitrogens with one attached hydrogen (secondary N) is 1. The zero-order chi connectivity index (χ0) is 20.7. The number of benzene rings is 2. The molecule has 0 radical (unpaired) electrons.